The molecule has 1 aliphatic heterocycles. The Hall–Kier alpha value is -0.900. The molecule has 87 valence electrons. The highest BCUT2D eigenvalue weighted by molar-refractivity contribution is 5.24. The lowest BCUT2D eigenvalue weighted by molar-refractivity contribution is -0.0984. The van der Waals surface area contributed by atoms with Crippen LogP contribution in [0.2, 0.25) is 0 Å². The first kappa shape index (κ1) is 11.6. The second-order valence-corrected chi connectivity index (χ2v) is 3.74. The van der Waals surface area contributed by atoms with Crippen molar-refractivity contribution < 1.29 is 14.2 Å². The van der Waals surface area contributed by atoms with Gasteiger partial charge in [-0.15, -0.1) is 0 Å². The van der Waals surface area contributed by atoms with Gasteiger partial charge in [-0.25, -0.2) is 0 Å². The normalized spacial score (nSPS) is 21.4. The third-order valence-electron chi connectivity index (χ3n) is 2.40. The molecule has 3 heteroatoms. The van der Waals surface area contributed by atoms with E-state index < -0.39 is 0 Å². The topological polar surface area (TPSA) is 27.7 Å². The minimum atomic E-state index is -0.248. The van der Waals surface area contributed by atoms with Gasteiger partial charge < -0.3 is 14.2 Å². The van der Waals surface area contributed by atoms with Crippen LogP contribution in [0.4, 0.5) is 0 Å². The molecule has 0 aromatic heterocycles. The van der Waals surface area contributed by atoms with Crippen LogP contribution in [0.3, 0.4) is 0 Å². The van der Waals surface area contributed by atoms with Crippen LogP contribution < -0.4 is 0 Å². The largest absolute Gasteiger partial charge is 0.350 e. The van der Waals surface area contributed by atoms with Crippen molar-refractivity contribution in [1.82, 2.24) is 0 Å². The van der Waals surface area contributed by atoms with E-state index in [2.05, 4.69) is 6.92 Å². The van der Waals surface area contributed by atoms with Crippen LogP contribution in [0.15, 0.2) is 30.3 Å². The standard InChI is InChI=1S/C13H17O3/c1-2-3-9-14-12-10-15-13(16-12)11-7-5-4-6-8-11/h4-8,12H,2-3,9-10H2,1H3. The average Bonchev–Trinajstić information content (AvgIpc) is 2.79. The van der Waals surface area contributed by atoms with Crippen molar-refractivity contribution in [1.29, 1.82) is 0 Å². The van der Waals surface area contributed by atoms with E-state index in [0.717, 1.165) is 25.0 Å². The van der Waals surface area contributed by atoms with Crippen LogP contribution in [0.1, 0.15) is 25.3 Å². The van der Waals surface area contributed by atoms with E-state index in [-0.39, 0.29) is 6.29 Å². The summed E-state index contributed by atoms with van der Waals surface area (Å²) in [6.45, 7) is 3.34. The highest BCUT2D eigenvalue weighted by Gasteiger charge is 2.29. The Bertz CT molecular complexity index is 299. The molecule has 0 aliphatic carbocycles. The lowest BCUT2D eigenvalue weighted by atomic mass is 10.2. The summed E-state index contributed by atoms with van der Waals surface area (Å²) in [5, 5.41) is 0. The van der Waals surface area contributed by atoms with Gasteiger partial charge in [0.15, 0.2) is 6.29 Å². The zero-order valence-corrected chi connectivity index (χ0v) is 9.52. The van der Waals surface area contributed by atoms with E-state index in [4.69, 9.17) is 14.2 Å². The summed E-state index contributed by atoms with van der Waals surface area (Å²) < 4.78 is 16.5. The van der Waals surface area contributed by atoms with Gasteiger partial charge in [-0.1, -0.05) is 43.7 Å². The van der Waals surface area contributed by atoms with Crippen molar-refractivity contribution in [3.05, 3.63) is 42.2 Å². The number of unbranched alkanes of at least 4 members (excludes halogenated alkanes) is 1. The summed E-state index contributed by atoms with van der Waals surface area (Å²) in [6.07, 6.45) is 2.51. The Morgan fingerprint density at radius 3 is 2.88 bits per heavy atom. The molecule has 1 heterocycles. The molecule has 1 saturated heterocycles. The number of hydrogen-bond acceptors (Lipinski definition) is 3. The van der Waals surface area contributed by atoms with Gasteiger partial charge in [0.05, 0.1) is 0 Å². The Morgan fingerprint density at radius 1 is 1.31 bits per heavy atom. The van der Waals surface area contributed by atoms with Crippen molar-refractivity contribution >= 4 is 0 Å². The van der Waals surface area contributed by atoms with Gasteiger partial charge in [0.2, 0.25) is 0 Å². The van der Waals surface area contributed by atoms with E-state index in [1.807, 2.05) is 30.3 Å². The number of ether oxygens (including phenoxy) is 3. The third-order valence-corrected chi connectivity index (χ3v) is 2.40. The maximum atomic E-state index is 5.57. The van der Waals surface area contributed by atoms with Crippen molar-refractivity contribution in [3.63, 3.8) is 0 Å². The van der Waals surface area contributed by atoms with Gasteiger partial charge in [-0.3, -0.25) is 0 Å². The molecule has 0 amide bonds. The van der Waals surface area contributed by atoms with Crippen LogP contribution in [0.5, 0.6) is 0 Å². The van der Waals surface area contributed by atoms with Gasteiger partial charge in [-0.05, 0) is 6.42 Å². The van der Waals surface area contributed by atoms with Crippen molar-refractivity contribution in [3.8, 4) is 0 Å². The van der Waals surface area contributed by atoms with Crippen LogP contribution in [0.25, 0.3) is 0 Å². The fourth-order valence-corrected chi connectivity index (χ4v) is 1.50. The molecule has 0 N–H and O–H groups in total. The first-order valence-electron chi connectivity index (χ1n) is 5.73. The lowest BCUT2D eigenvalue weighted by Gasteiger charge is -2.10. The average molecular weight is 221 g/mol. The molecule has 1 aromatic rings. The van der Waals surface area contributed by atoms with Crippen molar-refractivity contribution in [2.45, 2.75) is 26.1 Å². The summed E-state index contributed by atoms with van der Waals surface area (Å²) in [5.74, 6) is 0. The van der Waals surface area contributed by atoms with E-state index in [1.54, 1.807) is 0 Å². The Kier molecular flexibility index (Phi) is 4.34. The summed E-state index contributed by atoms with van der Waals surface area (Å²) in [5.41, 5.74) is 0.962. The molecule has 1 fully saturated rings. The second kappa shape index (κ2) is 5.99. The van der Waals surface area contributed by atoms with Gasteiger partial charge in [0.25, 0.3) is 6.29 Å². The van der Waals surface area contributed by atoms with Gasteiger partial charge in [0.1, 0.15) is 6.61 Å². The predicted molar refractivity (Wildman–Crippen MR) is 60.5 cm³/mol. The van der Waals surface area contributed by atoms with E-state index in [0.29, 0.717) is 12.9 Å². The molecule has 1 unspecified atom stereocenters. The van der Waals surface area contributed by atoms with Crippen molar-refractivity contribution in [2.24, 2.45) is 0 Å². The predicted octanol–water partition coefficient (Wildman–Crippen LogP) is 2.71. The highest BCUT2D eigenvalue weighted by Crippen LogP contribution is 2.26. The first-order chi connectivity index (χ1) is 7.90. The first-order valence-corrected chi connectivity index (χ1v) is 5.73. The Labute approximate surface area is 96.3 Å². The van der Waals surface area contributed by atoms with Crippen molar-refractivity contribution in [2.75, 3.05) is 13.2 Å². The molecule has 1 atom stereocenters. The summed E-state index contributed by atoms with van der Waals surface area (Å²) in [4.78, 5) is 0. The molecular formula is C13H17O3. The fourth-order valence-electron chi connectivity index (χ4n) is 1.50. The quantitative estimate of drug-likeness (QED) is 0.715. The maximum Gasteiger partial charge on any atom is 0.258 e. The molecule has 0 bridgehead atoms. The zero-order chi connectivity index (χ0) is 11.2. The van der Waals surface area contributed by atoms with Gasteiger partial charge >= 0.3 is 0 Å². The third kappa shape index (κ3) is 3.04. The van der Waals surface area contributed by atoms with Crippen LogP contribution >= 0.6 is 0 Å². The highest BCUT2D eigenvalue weighted by atomic mass is 16.8. The zero-order valence-electron chi connectivity index (χ0n) is 9.52. The molecule has 1 aliphatic rings. The number of hydrogen-bond donors (Lipinski definition) is 0. The molecule has 1 aromatic carbocycles. The Balaban J connectivity index is 1.79. The number of rotatable bonds is 5. The lowest BCUT2D eigenvalue weighted by Crippen LogP contribution is -2.15. The minimum absolute atomic E-state index is 0.248. The molecule has 16 heavy (non-hydrogen) atoms. The molecule has 2 rings (SSSR count). The fraction of sp³-hybridized carbons (Fsp3) is 0.462. The monoisotopic (exact) mass is 221 g/mol. The summed E-state index contributed by atoms with van der Waals surface area (Å²) >= 11 is 0. The minimum Gasteiger partial charge on any atom is -0.350 e. The van der Waals surface area contributed by atoms with Crippen LogP contribution in [-0.4, -0.2) is 19.5 Å². The Morgan fingerprint density at radius 2 is 2.12 bits per heavy atom. The van der Waals surface area contributed by atoms with Crippen LogP contribution in [0, 0.1) is 6.29 Å². The molecule has 3 nitrogen and oxygen atoms in total. The van der Waals surface area contributed by atoms with Gasteiger partial charge in [-0.2, -0.15) is 0 Å². The second-order valence-electron chi connectivity index (χ2n) is 3.74. The van der Waals surface area contributed by atoms with Gasteiger partial charge in [0, 0.05) is 12.2 Å². The maximum absolute atomic E-state index is 5.57. The molecule has 0 spiro atoms. The number of benzene rings is 1. The van der Waals surface area contributed by atoms with E-state index in [9.17, 15) is 0 Å². The molecule has 0 saturated carbocycles. The smallest absolute Gasteiger partial charge is 0.258 e. The molecule has 1 radical (unpaired) electrons. The van der Waals surface area contributed by atoms with E-state index in [1.165, 1.54) is 0 Å². The molecular weight excluding hydrogens is 204 g/mol. The summed E-state index contributed by atoms with van der Waals surface area (Å²) in [6, 6.07) is 9.81. The SMILES string of the molecule is CCCCOC1CO[C](c2ccccc2)O1. The summed E-state index contributed by atoms with van der Waals surface area (Å²) in [7, 11) is 0. The van der Waals surface area contributed by atoms with E-state index >= 15 is 0 Å². The van der Waals surface area contributed by atoms with Crippen LogP contribution in [-0.2, 0) is 14.2 Å².